The Morgan fingerprint density at radius 1 is 1.29 bits per heavy atom. The molecular weight excluding hydrogens is 436 g/mol. The summed E-state index contributed by atoms with van der Waals surface area (Å²) in [5.41, 5.74) is 2.75. The molecule has 2 N–H and O–H groups in total. The Bertz CT molecular complexity index is 1160. The molecule has 1 aliphatic rings. The van der Waals surface area contributed by atoms with E-state index in [0.717, 1.165) is 5.56 Å². The molecule has 0 saturated carbocycles. The van der Waals surface area contributed by atoms with Crippen LogP contribution >= 0.6 is 23.4 Å². The maximum Gasteiger partial charge on any atom is 0.338 e. The molecule has 1 aliphatic heterocycles. The van der Waals surface area contributed by atoms with Crippen LogP contribution in [0, 0.1) is 0 Å². The minimum absolute atomic E-state index is 0.104. The molecule has 3 aromatic rings. The number of halogens is 1. The van der Waals surface area contributed by atoms with Crippen LogP contribution in [0.5, 0.6) is 5.75 Å². The highest BCUT2D eigenvalue weighted by Crippen LogP contribution is 2.38. The molecule has 2 aromatic carbocycles. The topological polar surface area (TPSA) is 89.3 Å². The number of esters is 1. The fourth-order valence-electron chi connectivity index (χ4n) is 3.43. The Labute approximate surface area is 189 Å². The Hall–Kier alpha value is -2.97. The van der Waals surface area contributed by atoms with Gasteiger partial charge in [0, 0.05) is 16.5 Å². The van der Waals surface area contributed by atoms with E-state index in [4.69, 9.17) is 16.3 Å². The van der Waals surface area contributed by atoms with Crippen molar-refractivity contribution < 1.29 is 14.6 Å². The van der Waals surface area contributed by atoms with Crippen molar-refractivity contribution in [3.8, 4) is 5.75 Å². The number of phenols is 1. The SMILES string of the molecule is CCOC(=O)C1=C(C)Nc2nc(SCc3ccccc3Cl)nn2C1c1cccc(O)c1. The van der Waals surface area contributed by atoms with Crippen molar-refractivity contribution in [1.29, 1.82) is 0 Å². The zero-order valence-electron chi connectivity index (χ0n) is 17.0. The highest BCUT2D eigenvalue weighted by atomic mass is 35.5. The van der Waals surface area contributed by atoms with E-state index in [1.54, 1.807) is 36.7 Å². The zero-order valence-corrected chi connectivity index (χ0v) is 18.6. The number of hydrogen-bond donors (Lipinski definition) is 2. The maximum absolute atomic E-state index is 12.8. The van der Waals surface area contributed by atoms with Crippen LogP contribution in [0.1, 0.15) is 31.0 Å². The van der Waals surface area contributed by atoms with Gasteiger partial charge in [0.05, 0.1) is 12.2 Å². The molecule has 0 bridgehead atoms. The number of benzene rings is 2. The van der Waals surface area contributed by atoms with Gasteiger partial charge in [0.1, 0.15) is 11.8 Å². The van der Waals surface area contributed by atoms with Gasteiger partial charge < -0.3 is 15.2 Å². The molecule has 7 nitrogen and oxygen atoms in total. The van der Waals surface area contributed by atoms with Gasteiger partial charge >= 0.3 is 5.97 Å². The molecule has 0 radical (unpaired) electrons. The summed E-state index contributed by atoms with van der Waals surface area (Å²) in [7, 11) is 0. The third-order valence-electron chi connectivity index (χ3n) is 4.83. The standard InChI is InChI=1S/C22H21ClN4O3S/c1-3-30-20(29)18-13(2)24-21-25-22(31-12-15-7-4-5-10-17(15)23)26-27(21)19(18)14-8-6-9-16(28)11-14/h4-11,19,28H,3,12H2,1-2H3,(H,24,25,26). The van der Waals surface area contributed by atoms with Crippen molar-refractivity contribution in [3.63, 3.8) is 0 Å². The minimum Gasteiger partial charge on any atom is -0.508 e. The Morgan fingerprint density at radius 2 is 2.10 bits per heavy atom. The first-order valence-electron chi connectivity index (χ1n) is 9.74. The molecule has 0 fully saturated rings. The number of rotatable bonds is 6. The van der Waals surface area contributed by atoms with Crippen LogP contribution in [0.15, 0.2) is 65.0 Å². The Kier molecular flexibility index (Phi) is 6.20. The van der Waals surface area contributed by atoms with Crippen molar-refractivity contribution in [1.82, 2.24) is 14.8 Å². The van der Waals surface area contributed by atoms with Crippen LogP contribution in [0.2, 0.25) is 5.02 Å². The molecule has 31 heavy (non-hydrogen) atoms. The molecular formula is C22H21ClN4O3S. The molecule has 1 atom stereocenters. The van der Waals surface area contributed by atoms with Crippen LogP contribution in [0.25, 0.3) is 0 Å². The predicted molar refractivity (Wildman–Crippen MR) is 120 cm³/mol. The molecule has 0 saturated heterocycles. The normalized spacial score (nSPS) is 15.4. The van der Waals surface area contributed by atoms with Gasteiger partial charge in [-0.05, 0) is 43.2 Å². The summed E-state index contributed by atoms with van der Waals surface area (Å²) in [5.74, 6) is 0.788. The number of thioether (sulfide) groups is 1. The fraction of sp³-hybridized carbons (Fsp3) is 0.227. The van der Waals surface area contributed by atoms with Crippen LogP contribution in [0.4, 0.5) is 5.95 Å². The molecule has 0 aliphatic carbocycles. The number of hydrogen-bond acceptors (Lipinski definition) is 7. The van der Waals surface area contributed by atoms with E-state index in [0.29, 0.717) is 38.7 Å². The highest BCUT2D eigenvalue weighted by Gasteiger charge is 2.35. The number of phenolic OH excluding ortho intramolecular Hbond substituents is 1. The second kappa shape index (κ2) is 9.03. The van der Waals surface area contributed by atoms with Crippen molar-refractivity contribution in [2.45, 2.75) is 30.8 Å². The molecule has 4 rings (SSSR count). The second-order valence-electron chi connectivity index (χ2n) is 6.92. The van der Waals surface area contributed by atoms with Gasteiger partial charge in [0.2, 0.25) is 11.1 Å². The van der Waals surface area contributed by atoms with Crippen LogP contribution in [0.3, 0.4) is 0 Å². The van der Waals surface area contributed by atoms with Gasteiger partial charge in [0.15, 0.2) is 0 Å². The lowest BCUT2D eigenvalue weighted by atomic mass is 9.95. The highest BCUT2D eigenvalue weighted by molar-refractivity contribution is 7.98. The zero-order chi connectivity index (χ0) is 22.0. The van der Waals surface area contributed by atoms with E-state index in [1.807, 2.05) is 30.3 Å². The number of aromatic nitrogens is 3. The summed E-state index contributed by atoms with van der Waals surface area (Å²) < 4.78 is 6.95. The van der Waals surface area contributed by atoms with E-state index in [2.05, 4.69) is 15.4 Å². The number of fused-ring (bicyclic) bond motifs is 1. The average molecular weight is 457 g/mol. The second-order valence-corrected chi connectivity index (χ2v) is 8.27. The summed E-state index contributed by atoms with van der Waals surface area (Å²) in [6.45, 7) is 3.82. The lowest BCUT2D eigenvalue weighted by molar-refractivity contribution is -0.139. The molecule has 0 spiro atoms. The van der Waals surface area contributed by atoms with Gasteiger partial charge in [0.25, 0.3) is 0 Å². The first-order chi connectivity index (χ1) is 15.0. The van der Waals surface area contributed by atoms with Gasteiger partial charge in [-0.15, -0.1) is 5.10 Å². The van der Waals surface area contributed by atoms with Gasteiger partial charge in [-0.3, -0.25) is 0 Å². The van der Waals surface area contributed by atoms with Crippen molar-refractivity contribution in [2.24, 2.45) is 0 Å². The van der Waals surface area contributed by atoms with Crippen LogP contribution < -0.4 is 5.32 Å². The van der Waals surface area contributed by atoms with Gasteiger partial charge in [-0.25, -0.2) is 9.48 Å². The van der Waals surface area contributed by atoms with Crippen LogP contribution in [-0.4, -0.2) is 32.4 Å². The molecule has 1 aromatic heterocycles. The first kappa shape index (κ1) is 21.3. The number of allylic oxidation sites excluding steroid dienone is 1. The van der Waals surface area contributed by atoms with Gasteiger partial charge in [-0.1, -0.05) is 53.7 Å². The number of carbonyl (C=O) groups is 1. The number of ether oxygens (including phenoxy) is 1. The van der Waals surface area contributed by atoms with E-state index in [-0.39, 0.29) is 12.4 Å². The number of anilines is 1. The van der Waals surface area contributed by atoms with E-state index in [1.165, 1.54) is 11.8 Å². The lowest BCUT2D eigenvalue weighted by Gasteiger charge is -2.28. The predicted octanol–water partition coefficient (Wildman–Crippen LogP) is 4.78. The van der Waals surface area contributed by atoms with E-state index >= 15 is 0 Å². The number of carbonyl (C=O) groups excluding carboxylic acids is 1. The molecule has 160 valence electrons. The summed E-state index contributed by atoms with van der Waals surface area (Å²) in [6.07, 6.45) is 0. The molecule has 2 heterocycles. The third-order valence-corrected chi connectivity index (χ3v) is 6.08. The van der Waals surface area contributed by atoms with Crippen molar-refractivity contribution in [3.05, 3.63) is 76.0 Å². The number of nitrogens with zero attached hydrogens (tertiary/aromatic N) is 3. The summed E-state index contributed by atoms with van der Waals surface area (Å²) in [6, 6.07) is 13.8. The van der Waals surface area contributed by atoms with Crippen molar-refractivity contribution in [2.75, 3.05) is 11.9 Å². The molecule has 0 amide bonds. The third kappa shape index (κ3) is 4.40. The Morgan fingerprint density at radius 3 is 2.84 bits per heavy atom. The summed E-state index contributed by atoms with van der Waals surface area (Å²) in [5, 5.41) is 19.1. The molecule has 9 heteroatoms. The fourth-order valence-corrected chi connectivity index (χ4v) is 4.54. The minimum atomic E-state index is -0.579. The van der Waals surface area contributed by atoms with E-state index in [9.17, 15) is 9.90 Å². The molecule has 1 unspecified atom stereocenters. The van der Waals surface area contributed by atoms with E-state index < -0.39 is 12.0 Å². The number of nitrogens with one attached hydrogen (secondary N) is 1. The average Bonchev–Trinajstić information content (AvgIpc) is 3.14. The quantitative estimate of drug-likeness (QED) is 0.407. The smallest absolute Gasteiger partial charge is 0.338 e. The maximum atomic E-state index is 12.8. The summed E-state index contributed by atoms with van der Waals surface area (Å²) >= 11 is 7.71. The van der Waals surface area contributed by atoms with Crippen molar-refractivity contribution >= 4 is 35.3 Å². The number of aromatic hydroxyl groups is 1. The monoisotopic (exact) mass is 456 g/mol. The van der Waals surface area contributed by atoms with Crippen LogP contribution in [-0.2, 0) is 15.3 Å². The Balaban J connectivity index is 1.71. The largest absolute Gasteiger partial charge is 0.508 e. The van der Waals surface area contributed by atoms with Gasteiger partial charge in [-0.2, -0.15) is 4.98 Å². The lowest BCUT2D eigenvalue weighted by Crippen LogP contribution is -2.29. The summed E-state index contributed by atoms with van der Waals surface area (Å²) in [4.78, 5) is 17.4. The first-order valence-corrected chi connectivity index (χ1v) is 11.1.